The first kappa shape index (κ1) is 11.8. The van der Waals surface area contributed by atoms with Crippen LogP contribution in [0.5, 0.6) is 5.75 Å². The van der Waals surface area contributed by atoms with E-state index in [2.05, 4.69) is 15.9 Å². The summed E-state index contributed by atoms with van der Waals surface area (Å²) in [5, 5.41) is 0.385. The van der Waals surface area contributed by atoms with E-state index < -0.39 is 0 Å². The second-order valence-corrected chi connectivity index (χ2v) is 4.06. The molecule has 0 aromatic heterocycles. The summed E-state index contributed by atoms with van der Waals surface area (Å²) in [5.74, 6) is 0.282. The maximum absolute atomic E-state index is 11.3. The molecule has 2 nitrogen and oxygen atoms in total. The number of benzene rings is 1. The fourth-order valence-corrected chi connectivity index (χ4v) is 2.18. The lowest BCUT2D eigenvalue weighted by molar-refractivity contribution is 0.102. The van der Waals surface area contributed by atoms with Crippen molar-refractivity contribution in [2.75, 3.05) is 13.0 Å². The molecule has 0 atom stereocenters. The highest BCUT2D eigenvalue weighted by Crippen LogP contribution is 2.34. The number of halogens is 3. The highest BCUT2D eigenvalue weighted by molar-refractivity contribution is 9.10. The third-order valence-corrected chi connectivity index (χ3v) is 2.76. The molecule has 0 aliphatic rings. The van der Waals surface area contributed by atoms with Gasteiger partial charge in [-0.15, -0.1) is 11.6 Å². The van der Waals surface area contributed by atoms with Crippen molar-refractivity contribution in [2.24, 2.45) is 0 Å². The van der Waals surface area contributed by atoms with E-state index in [9.17, 15) is 4.79 Å². The average Bonchev–Trinajstić information content (AvgIpc) is 2.16. The Morgan fingerprint density at radius 2 is 2.21 bits per heavy atom. The molecule has 0 fully saturated rings. The molecule has 1 rings (SSSR count). The Morgan fingerprint density at radius 3 is 2.64 bits per heavy atom. The molecule has 5 heteroatoms. The number of ether oxygens (including phenoxy) is 1. The van der Waals surface area contributed by atoms with Crippen LogP contribution in [0.15, 0.2) is 16.6 Å². The SMILES string of the molecule is COc1c(Cl)cc(C(=O)CCl)cc1Br. The van der Waals surface area contributed by atoms with Gasteiger partial charge < -0.3 is 4.74 Å². The normalized spacial score (nSPS) is 10.0. The lowest BCUT2D eigenvalue weighted by Gasteiger charge is -2.07. The number of alkyl halides is 1. The lowest BCUT2D eigenvalue weighted by Crippen LogP contribution is -2.00. The molecule has 0 unspecified atom stereocenters. The van der Waals surface area contributed by atoms with Crippen LogP contribution in [0, 0.1) is 0 Å². The van der Waals surface area contributed by atoms with Crippen LogP contribution in [0.25, 0.3) is 0 Å². The smallest absolute Gasteiger partial charge is 0.177 e. The molecule has 0 bridgehead atoms. The number of carbonyl (C=O) groups is 1. The Kier molecular flexibility index (Phi) is 4.23. The van der Waals surface area contributed by atoms with Gasteiger partial charge in [-0.3, -0.25) is 4.79 Å². The molecule has 0 aliphatic carbocycles. The highest BCUT2D eigenvalue weighted by atomic mass is 79.9. The van der Waals surface area contributed by atoms with Crippen molar-refractivity contribution >= 4 is 44.9 Å². The summed E-state index contributed by atoms with van der Waals surface area (Å²) in [7, 11) is 1.51. The molecule has 0 saturated heterocycles. The molecule has 0 spiro atoms. The van der Waals surface area contributed by atoms with Gasteiger partial charge >= 0.3 is 0 Å². The molecule has 0 radical (unpaired) electrons. The van der Waals surface area contributed by atoms with Crippen molar-refractivity contribution in [1.82, 2.24) is 0 Å². The van der Waals surface area contributed by atoms with Crippen LogP contribution in [0.3, 0.4) is 0 Å². The Hall–Kier alpha value is -0.250. The minimum Gasteiger partial charge on any atom is -0.494 e. The second-order valence-electron chi connectivity index (χ2n) is 2.53. The highest BCUT2D eigenvalue weighted by Gasteiger charge is 2.12. The summed E-state index contributed by atoms with van der Waals surface area (Å²) in [6.07, 6.45) is 0. The fourth-order valence-electron chi connectivity index (χ4n) is 0.993. The van der Waals surface area contributed by atoms with E-state index in [1.54, 1.807) is 6.07 Å². The third kappa shape index (κ3) is 2.41. The first-order chi connectivity index (χ1) is 6.60. The molecular weight excluding hydrogens is 291 g/mol. The maximum Gasteiger partial charge on any atom is 0.177 e. The zero-order chi connectivity index (χ0) is 10.7. The molecule has 0 N–H and O–H groups in total. The number of Topliss-reactive ketones (excluding diaryl/α,β-unsaturated/α-hetero) is 1. The van der Waals surface area contributed by atoms with E-state index in [1.807, 2.05) is 0 Å². The Morgan fingerprint density at radius 1 is 1.57 bits per heavy atom. The number of methoxy groups -OCH3 is 1. The predicted octanol–water partition coefficient (Wildman–Crippen LogP) is 3.53. The first-order valence-electron chi connectivity index (χ1n) is 3.72. The van der Waals surface area contributed by atoms with Crippen molar-refractivity contribution in [2.45, 2.75) is 0 Å². The fraction of sp³-hybridized carbons (Fsp3) is 0.222. The lowest BCUT2D eigenvalue weighted by atomic mass is 10.1. The monoisotopic (exact) mass is 296 g/mol. The van der Waals surface area contributed by atoms with E-state index in [0.29, 0.717) is 20.8 Å². The summed E-state index contributed by atoms with van der Waals surface area (Å²) < 4.78 is 5.66. The molecule has 0 aliphatic heterocycles. The van der Waals surface area contributed by atoms with Crippen LogP contribution in [0.2, 0.25) is 5.02 Å². The van der Waals surface area contributed by atoms with Gasteiger partial charge in [0.2, 0.25) is 0 Å². The largest absolute Gasteiger partial charge is 0.494 e. The summed E-state index contributed by atoms with van der Waals surface area (Å²) in [6, 6.07) is 3.17. The van der Waals surface area contributed by atoms with Crippen molar-refractivity contribution in [3.05, 3.63) is 27.2 Å². The molecule has 0 amide bonds. The average molecular weight is 298 g/mol. The van der Waals surface area contributed by atoms with Gasteiger partial charge in [0.1, 0.15) is 0 Å². The summed E-state index contributed by atoms with van der Waals surface area (Å²) in [6.45, 7) is 0. The predicted molar refractivity (Wildman–Crippen MR) is 60.8 cm³/mol. The first-order valence-corrected chi connectivity index (χ1v) is 5.43. The van der Waals surface area contributed by atoms with Crippen molar-refractivity contribution < 1.29 is 9.53 Å². The number of rotatable bonds is 3. The van der Waals surface area contributed by atoms with E-state index >= 15 is 0 Å². The molecule has 0 saturated carbocycles. The van der Waals surface area contributed by atoms with Crippen molar-refractivity contribution in [3.63, 3.8) is 0 Å². The number of carbonyl (C=O) groups excluding carboxylic acids is 1. The van der Waals surface area contributed by atoms with Crippen molar-refractivity contribution in [3.8, 4) is 5.75 Å². The second kappa shape index (κ2) is 5.01. The Balaban J connectivity index is 3.20. The number of hydrogen-bond donors (Lipinski definition) is 0. The zero-order valence-electron chi connectivity index (χ0n) is 7.31. The number of ketones is 1. The maximum atomic E-state index is 11.3. The van der Waals surface area contributed by atoms with Crippen LogP contribution < -0.4 is 4.74 Å². The molecule has 1 aromatic carbocycles. The van der Waals surface area contributed by atoms with Crippen LogP contribution in [-0.2, 0) is 0 Å². The van der Waals surface area contributed by atoms with Gasteiger partial charge in [0.25, 0.3) is 0 Å². The van der Waals surface area contributed by atoms with Gasteiger partial charge in [-0.05, 0) is 28.1 Å². The molecule has 76 valence electrons. The van der Waals surface area contributed by atoms with Gasteiger partial charge in [0, 0.05) is 5.56 Å². The zero-order valence-corrected chi connectivity index (χ0v) is 10.4. The van der Waals surface area contributed by atoms with Crippen LogP contribution in [-0.4, -0.2) is 18.8 Å². The molecule has 14 heavy (non-hydrogen) atoms. The quantitative estimate of drug-likeness (QED) is 0.630. The number of hydrogen-bond acceptors (Lipinski definition) is 2. The minimum absolute atomic E-state index is 0.0604. The Bertz CT molecular complexity index is 343. The minimum atomic E-state index is -0.170. The van der Waals surface area contributed by atoms with Crippen LogP contribution >= 0.6 is 39.1 Å². The van der Waals surface area contributed by atoms with E-state index in [4.69, 9.17) is 27.9 Å². The van der Waals surface area contributed by atoms with Gasteiger partial charge in [-0.1, -0.05) is 11.6 Å². The van der Waals surface area contributed by atoms with E-state index in [-0.39, 0.29) is 11.7 Å². The van der Waals surface area contributed by atoms with Crippen LogP contribution in [0.1, 0.15) is 10.4 Å². The molecule has 1 aromatic rings. The topological polar surface area (TPSA) is 26.3 Å². The molecular formula is C9H7BrCl2O2. The van der Waals surface area contributed by atoms with Gasteiger partial charge in [-0.25, -0.2) is 0 Å². The van der Waals surface area contributed by atoms with E-state index in [1.165, 1.54) is 13.2 Å². The van der Waals surface area contributed by atoms with Gasteiger partial charge in [-0.2, -0.15) is 0 Å². The standard InChI is InChI=1S/C9H7BrCl2O2/c1-14-9-6(10)2-5(3-7(9)12)8(13)4-11/h2-3H,4H2,1H3. The summed E-state index contributed by atoms with van der Waals surface area (Å²) in [5.41, 5.74) is 0.470. The van der Waals surface area contributed by atoms with Gasteiger partial charge in [0.05, 0.1) is 22.5 Å². The van der Waals surface area contributed by atoms with Gasteiger partial charge in [0.15, 0.2) is 11.5 Å². The van der Waals surface area contributed by atoms with Crippen LogP contribution in [0.4, 0.5) is 0 Å². The van der Waals surface area contributed by atoms with Crippen molar-refractivity contribution in [1.29, 1.82) is 0 Å². The Labute approximate surface area is 100 Å². The molecule has 0 heterocycles. The van der Waals surface area contributed by atoms with E-state index in [0.717, 1.165) is 0 Å². The third-order valence-electron chi connectivity index (χ3n) is 1.65. The summed E-state index contributed by atoms with van der Waals surface area (Å²) in [4.78, 5) is 11.3. The summed E-state index contributed by atoms with van der Waals surface area (Å²) >= 11 is 14.6.